The molecular weight excluding hydrogens is 160 g/mol. The molecule has 0 amide bonds. The van der Waals surface area contributed by atoms with Gasteiger partial charge in [-0.2, -0.15) is 0 Å². The normalized spacial score (nSPS) is 48.0. The standard InChI is InChI=1S/C11H20N2/c1-10(2)9-4-3-6-13-7-5-12-8-11(9,10)13/h9,12H,3-8H2,1-2H3. The van der Waals surface area contributed by atoms with Gasteiger partial charge in [0.2, 0.25) is 0 Å². The predicted octanol–water partition coefficient (Wildman–Crippen LogP) is 1.08. The van der Waals surface area contributed by atoms with Crippen molar-refractivity contribution in [2.45, 2.75) is 32.2 Å². The molecular formula is C11H20N2. The average Bonchev–Trinajstić information content (AvgIpc) is 2.63. The zero-order chi connectivity index (χ0) is 9.10. The van der Waals surface area contributed by atoms with Gasteiger partial charge in [0.15, 0.2) is 0 Å². The highest BCUT2D eigenvalue weighted by molar-refractivity contribution is 5.28. The second-order valence-electron chi connectivity index (χ2n) is 5.50. The molecule has 0 aromatic carbocycles. The Kier molecular flexibility index (Phi) is 1.45. The lowest BCUT2D eigenvalue weighted by Gasteiger charge is -2.41. The lowest BCUT2D eigenvalue weighted by molar-refractivity contribution is 0.0876. The molecule has 1 spiro atoms. The summed E-state index contributed by atoms with van der Waals surface area (Å²) in [7, 11) is 0. The lowest BCUT2D eigenvalue weighted by Crippen LogP contribution is -2.57. The second-order valence-corrected chi connectivity index (χ2v) is 5.50. The number of nitrogens with one attached hydrogen (secondary N) is 1. The fourth-order valence-corrected chi connectivity index (χ4v) is 4.12. The Hall–Kier alpha value is -0.0800. The maximum absolute atomic E-state index is 3.58. The van der Waals surface area contributed by atoms with Crippen LogP contribution in [0.15, 0.2) is 0 Å². The van der Waals surface area contributed by atoms with Crippen molar-refractivity contribution in [3.63, 3.8) is 0 Å². The molecule has 1 N–H and O–H groups in total. The number of hydrogen-bond acceptors (Lipinski definition) is 2. The summed E-state index contributed by atoms with van der Waals surface area (Å²) < 4.78 is 0. The first-order chi connectivity index (χ1) is 6.19. The average molecular weight is 180 g/mol. The summed E-state index contributed by atoms with van der Waals surface area (Å²) in [5.41, 5.74) is 1.14. The first-order valence-electron chi connectivity index (χ1n) is 5.65. The summed E-state index contributed by atoms with van der Waals surface area (Å²) in [6.07, 6.45) is 2.89. The van der Waals surface area contributed by atoms with Crippen LogP contribution in [0.5, 0.6) is 0 Å². The summed E-state index contributed by atoms with van der Waals surface area (Å²) in [6, 6.07) is 0. The van der Waals surface area contributed by atoms with E-state index in [2.05, 4.69) is 24.1 Å². The van der Waals surface area contributed by atoms with Crippen LogP contribution in [-0.2, 0) is 0 Å². The first-order valence-corrected chi connectivity index (χ1v) is 5.65. The smallest absolute Gasteiger partial charge is 0.0422 e. The molecule has 74 valence electrons. The Bertz CT molecular complexity index is 234. The van der Waals surface area contributed by atoms with Gasteiger partial charge >= 0.3 is 0 Å². The molecule has 2 nitrogen and oxygen atoms in total. The van der Waals surface area contributed by atoms with Crippen LogP contribution in [0.1, 0.15) is 26.7 Å². The van der Waals surface area contributed by atoms with Crippen molar-refractivity contribution >= 4 is 0 Å². The van der Waals surface area contributed by atoms with Crippen LogP contribution in [0, 0.1) is 11.3 Å². The van der Waals surface area contributed by atoms with Crippen LogP contribution in [0.2, 0.25) is 0 Å². The maximum atomic E-state index is 3.58. The third-order valence-corrected chi connectivity index (χ3v) is 4.92. The first kappa shape index (κ1) is 8.25. The van der Waals surface area contributed by atoms with Crippen LogP contribution in [0.25, 0.3) is 0 Å². The summed E-state index contributed by atoms with van der Waals surface area (Å²) >= 11 is 0. The SMILES string of the molecule is CC1(C)C2CCCN3CCNCC231. The minimum absolute atomic E-state index is 0.559. The van der Waals surface area contributed by atoms with Crippen molar-refractivity contribution in [1.82, 2.24) is 10.2 Å². The minimum Gasteiger partial charge on any atom is -0.314 e. The van der Waals surface area contributed by atoms with Crippen molar-refractivity contribution in [1.29, 1.82) is 0 Å². The van der Waals surface area contributed by atoms with Crippen molar-refractivity contribution in [3.05, 3.63) is 0 Å². The highest BCUT2D eigenvalue weighted by atomic mass is 15.3. The van der Waals surface area contributed by atoms with Gasteiger partial charge in [0.25, 0.3) is 0 Å². The monoisotopic (exact) mass is 180 g/mol. The van der Waals surface area contributed by atoms with Gasteiger partial charge in [-0.25, -0.2) is 0 Å². The van der Waals surface area contributed by atoms with Crippen molar-refractivity contribution in [3.8, 4) is 0 Å². The van der Waals surface area contributed by atoms with Crippen molar-refractivity contribution in [2.24, 2.45) is 11.3 Å². The molecule has 2 unspecified atom stereocenters. The number of piperidine rings is 1. The Labute approximate surface area is 80.7 Å². The third-order valence-electron chi connectivity index (χ3n) is 4.92. The van der Waals surface area contributed by atoms with Gasteiger partial charge in [-0.3, -0.25) is 4.90 Å². The Morgan fingerprint density at radius 3 is 2.92 bits per heavy atom. The van der Waals surface area contributed by atoms with E-state index in [4.69, 9.17) is 0 Å². The third kappa shape index (κ3) is 0.774. The van der Waals surface area contributed by atoms with E-state index >= 15 is 0 Å². The molecule has 2 atom stereocenters. The number of hydrogen-bond donors (Lipinski definition) is 1. The predicted molar refractivity (Wildman–Crippen MR) is 53.7 cm³/mol. The van der Waals surface area contributed by atoms with Gasteiger partial charge in [0.1, 0.15) is 0 Å². The van der Waals surface area contributed by atoms with Crippen LogP contribution in [0.3, 0.4) is 0 Å². The van der Waals surface area contributed by atoms with Crippen LogP contribution >= 0.6 is 0 Å². The van der Waals surface area contributed by atoms with Gasteiger partial charge in [0.05, 0.1) is 0 Å². The molecule has 0 aromatic heterocycles. The maximum Gasteiger partial charge on any atom is 0.0422 e. The zero-order valence-corrected chi connectivity index (χ0v) is 8.77. The molecule has 0 radical (unpaired) electrons. The molecule has 0 aromatic rings. The largest absolute Gasteiger partial charge is 0.314 e. The van der Waals surface area contributed by atoms with E-state index < -0.39 is 0 Å². The number of piperazine rings is 1. The van der Waals surface area contributed by atoms with Gasteiger partial charge in [-0.15, -0.1) is 0 Å². The van der Waals surface area contributed by atoms with Gasteiger partial charge in [-0.05, 0) is 30.7 Å². The van der Waals surface area contributed by atoms with Gasteiger partial charge in [-0.1, -0.05) is 13.8 Å². The lowest BCUT2D eigenvalue weighted by atomic mass is 9.99. The molecule has 3 fully saturated rings. The van der Waals surface area contributed by atoms with E-state index in [9.17, 15) is 0 Å². The van der Waals surface area contributed by atoms with Crippen LogP contribution < -0.4 is 5.32 Å². The molecule has 3 aliphatic rings. The molecule has 2 saturated heterocycles. The van der Waals surface area contributed by atoms with E-state index in [1.165, 1.54) is 39.0 Å². The fraction of sp³-hybridized carbons (Fsp3) is 1.00. The summed E-state index contributed by atoms with van der Waals surface area (Å²) in [5, 5.41) is 3.58. The number of rotatable bonds is 0. The van der Waals surface area contributed by atoms with Crippen LogP contribution in [-0.4, -0.2) is 36.6 Å². The summed E-state index contributed by atoms with van der Waals surface area (Å²) in [6.45, 7) is 9.99. The number of nitrogens with zero attached hydrogens (tertiary/aromatic N) is 1. The molecule has 1 aliphatic carbocycles. The van der Waals surface area contributed by atoms with E-state index in [1.54, 1.807) is 0 Å². The van der Waals surface area contributed by atoms with Crippen molar-refractivity contribution < 1.29 is 0 Å². The van der Waals surface area contributed by atoms with Crippen molar-refractivity contribution in [2.75, 3.05) is 26.2 Å². The Balaban J connectivity index is 1.94. The molecule has 1 saturated carbocycles. The summed E-state index contributed by atoms with van der Waals surface area (Å²) in [4.78, 5) is 2.76. The second kappa shape index (κ2) is 2.29. The fourth-order valence-electron chi connectivity index (χ4n) is 4.12. The van der Waals surface area contributed by atoms with E-state index in [0.717, 1.165) is 5.92 Å². The topological polar surface area (TPSA) is 15.3 Å². The van der Waals surface area contributed by atoms with E-state index in [1.807, 2.05) is 0 Å². The quantitative estimate of drug-likeness (QED) is 0.600. The zero-order valence-electron chi connectivity index (χ0n) is 8.77. The van der Waals surface area contributed by atoms with Gasteiger partial charge in [0, 0.05) is 25.2 Å². The molecule has 0 bridgehead atoms. The van der Waals surface area contributed by atoms with Crippen LogP contribution in [0.4, 0.5) is 0 Å². The van der Waals surface area contributed by atoms with E-state index in [0.29, 0.717) is 11.0 Å². The Morgan fingerprint density at radius 2 is 2.15 bits per heavy atom. The highest BCUT2D eigenvalue weighted by Crippen LogP contribution is 2.68. The minimum atomic E-state index is 0.559. The molecule has 2 aliphatic heterocycles. The molecule has 2 heterocycles. The molecule has 13 heavy (non-hydrogen) atoms. The highest BCUT2D eigenvalue weighted by Gasteiger charge is 2.74. The molecule has 3 rings (SSSR count). The Morgan fingerprint density at radius 1 is 1.31 bits per heavy atom. The van der Waals surface area contributed by atoms with Gasteiger partial charge < -0.3 is 5.32 Å². The summed E-state index contributed by atoms with van der Waals surface area (Å²) in [5.74, 6) is 0.974. The molecule has 2 heteroatoms. The van der Waals surface area contributed by atoms with E-state index in [-0.39, 0.29) is 0 Å².